The minimum atomic E-state index is 0.486. The third-order valence-corrected chi connectivity index (χ3v) is 3.66. The Balaban J connectivity index is 1.70. The second-order valence-corrected chi connectivity index (χ2v) is 5.06. The maximum atomic E-state index is 4.20. The molecule has 1 N–H and O–H groups in total. The van der Waals surface area contributed by atoms with Crippen LogP contribution in [0.3, 0.4) is 0 Å². The topological polar surface area (TPSA) is 29.9 Å². The summed E-state index contributed by atoms with van der Waals surface area (Å²) >= 11 is 0. The van der Waals surface area contributed by atoms with Gasteiger partial charge in [0, 0.05) is 25.0 Å². The van der Waals surface area contributed by atoms with Gasteiger partial charge in [0.15, 0.2) is 0 Å². The molecule has 0 aliphatic carbocycles. The van der Waals surface area contributed by atoms with Crippen molar-refractivity contribution >= 4 is 0 Å². The molecule has 1 heterocycles. The number of nitrogens with zero attached hydrogens (tertiary/aromatic N) is 2. The number of aryl methyl sites for hydroxylation is 1. The van der Waals surface area contributed by atoms with Gasteiger partial charge in [-0.15, -0.1) is 0 Å². The Bertz CT molecular complexity index is 450. The van der Waals surface area contributed by atoms with Crippen LogP contribution in [-0.4, -0.2) is 22.4 Å². The summed E-state index contributed by atoms with van der Waals surface area (Å²) in [6.07, 6.45) is 4.94. The molecule has 19 heavy (non-hydrogen) atoms. The Morgan fingerprint density at radius 1 is 1.16 bits per heavy atom. The summed E-state index contributed by atoms with van der Waals surface area (Å²) < 4.78 is 1.98. The van der Waals surface area contributed by atoms with Crippen molar-refractivity contribution in [2.24, 2.45) is 0 Å². The number of rotatable bonds is 7. The first-order chi connectivity index (χ1) is 9.27. The highest BCUT2D eigenvalue weighted by Crippen LogP contribution is 2.18. The first kappa shape index (κ1) is 13.8. The van der Waals surface area contributed by atoms with Crippen LogP contribution in [0.1, 0.15) is 31.7 Å². The Hall–Kier alpha value is -1.61. The van der Waals surface area contributed by atoms with Crippen molar-refractivity contribution in [3.8, 4) is 0 Å². The molecule has 1 aromatic heterocycles. The van der Waals surface area contributed by atoms with Gasteiger partial charge in [0.25, 0.3) is 0 Å². The van der Waals surface area contributed by atoms with Gasteiger partial charge in [0.1, 0.15) is 0 Å². The number of benzene rings is 1. The molecule has 0 saturated heterocycles. The van der Waals surface area contributed by atoms with Gasteiger partial charge < -0.3 is 5.32 Å². The molecule has 0 fully saturated rings. The molecule has 0 aliphatic rings. The molecule has 102 valence electrons. The molecule has 0 saturated carbocycles. The van der Waals surface area contributed by atoms with Crippen LogP contribution >= 0.6 is 0 Å². The van der Waals surface area contributed by atoms with Crippen molar-refractivity contribution in [3.63, 3.8) is 0 Å². The number of hydrogen-bond acceptors (Lipinski definition) is 2. The number of hydrogen-bond donors (Lipinski definition) is 1. The van der Waals surface area contributed by atoms with Crippen LogP contribution in [0.25, 0.3) is 0 Å². The van der Waals surface area contributed by atoms with E-state index in [1.165, 1.54) is 5.56 Å². The zero-order valence-electron chi connectivity index (χ0n) is 11.8. The second kappa shape index (κ2) is 7.10. The van der Waals surface area contributed by atoms with E-state index in [0.29, 0.717) is 12.0 Å². The minimum Gasteiger partial charge on any atom is -0.314 e. The van der Waals surface area contributed by atoms with Gasteiger partial charge >= 0.3 is 0 Å². The summed E-state index contributed by atoms with van der Waals surface area (Å²) in [6.45, 7) is 6.54. The van der Waals surface area contributed by atoms with Crippen LogP contribution in [0.4, 0.5) is 0 Å². The first-order valence-electron chi connectivity index (χ1n) is 7.03. The lowest BCUT2D eigenvalue weighted by Gasteiger charge is -2.21. The van der Waals surface area contributed by atoms with Crippen LogP contribution in [0, 0.1) is 0 Å². The fourth-order valence-corrected chi connectivity index (χ4v) is 2.23. The Labute approximate surface area is 115 Å². The lowest BCUT2D eigenvalue weighted by Crippen LogP contribution is -2.32. The monoisotopic (exact) mass is 257 g/mol. The van der Waals surface area contributed by atoms with E-state index in [9.17, 15) is 0 Å². The summed E-state index contributed by atoms with van der Waals surface area (Å²) in [5, 5.41) is 7.81. The van der Waals surface area contributed by atoms with Crippen molar-refractivity contribution < 1.29 is 0 Å². The van der Waals surface area contributed by atoms with E-state index >= 15 is 0 Å². The average Bonchev–Trinajstić information content (AvgIpc) is 2.96. The van der Waals surface area contributed by atoms with Crippen molar-refractivity contribution in [1.82, 2.24) is 15.1 Å². The second-order valence-electron chi connectivity index (χ2n) is 5.06. The quantitative estimate of drug-likeness (QED) is 0.773. The third-order valence-electron chi connectivity index (χ3n) is 3.66. The summed E-state index contributed by atoms with van der Waals surface area (Å²) in [6, 6.07) is 13.1. The van der Waals surface area contributed by atoms with E-state index in [2.05, 4.69) is 54.6 Å². The van der Waals surface area contributed by atoms with E-state index in [1.807, 2.05) is 23.1 Å². The molecule has 0 spiro atoms. The van der Waals surface area contributed by atoms with Crippen LogP contribution in [-0.2, 0) is 6.54 Å². The summed E-state index contributed by atoms with van der Waals surface area (Å²) in [4.78, 5) is 0. The first-order valence-corrected chi connectivity index (χ1v) is 7.03. The van der Waals surface area contributed by atoms with Crippen molar-refractivity contribution in [2.75, 3.05) is 6.54 Å². The predicted octanol–water partition coefficient (Wildman–Crippen LogP) is 3.06. The van der Waals surface area contributed by atoms with Crippen molar-refractivity contribution in [2.45, 2.75) is 38.8 Å². The largest absolute Gasteiger partial charge is 0.314 e. The number of aromatic nitrogens is 2. The van der Waals surface area contributed by atoms with Crippen LogP contribution in [0.2, 0.25) is 0 Å². The van der Waals surface area contributed by atoms with E-state index in [0.717, 1.165) is 19.5 Å². The molecule has 2 aromatic rings. The van der Waals surface area contributed by atoms with E-state index < -0.39 is 0 Å². The summed E-state index contributed by atoms with van der Waals surface area (Å²) in [7, 11) is 0. The van der Waals surface area contributed by atoms with Gasteiger partial charge in [-0.25, -0.2) is 0 Å². The van der Waals surface area contributed by atoms with Crippen LogP contribution < -0.4 is 5.32 Å². The molecule has 1 aromatic carbocycles. The molecule has 0 bridgehead atoms. The molecule has 3 nitrogen and oxygen atoms in total. The predicted molar refractivity (Wildman–Crippen MR) is 79.2 cm³/mol. The summed E-state index contributed by atoms with van der Waals surface area (Å²) in [5.41, 5.74) is 1.40. The van der Waals surface area contributed by atoms with Crippen LogP contribution in [0.15, 0.2) is 48.8 Å². The lowest BCUT2D eigenvalue weighted by atomic mass is 9.94. The Kier molecular flexibility index (Phi) is 5.16. The Morgan fingerprint density at radius 3 is 2.63 bits per heavy atom. The molecule has 0 aliphatic heterocycles. The molecule has 0 radical (unpaired) electrons. The average molecular weight is 257 g/mol. The normalized spacial score (nSPS) is 14.2. The highest BCUT2D eigenvalue weighted by Gasteiger charge is 2.12. The van der Waals surface area contributed by atoms with Gasteiger partial charge in [0.05, 0.1) is 0 Å². The molecule has 0 unspecified atom stereocenters. The zero-order chi connectivity index (χ0) is 13.5. The SMILES string of the molecule is C[C@H](NCCCn1cccn1)[C@@H](C)c1ccccc1. The fourth-order valence-electron chi connectivity index (χ4n) is 2.23. The van der Waals surface area contributed by atoms with Gasteiger partial charge in [-0.1, -0.05) is 37.3 Å². The maximum Gasteiger partial charge on any atom is 0.0489 e. The Morgan fingerprint density at radius 2 is 1.95 bits per heavy atom. The standard InChI is InChI=1S/C16H23N3/c1-14(16-8-4-3-5-9-16)15(2)17-10-6-12-19-13-7-11-18-19/h3-5,7-9,11,13-15,17H,6,10,12H2,1-2H3/t14-,15+/m1/s1. The molecular formula is C16H23N3. The van der Waals surface area contributed by atoms with Gasteiger partial charge in [-0.05, 0) is 37.4 Å². The summed E-state index contributed by atoms with van der Waals surface area (Å²) in [5.74, 6) is 0.533. The molecule has 3 heteroatoms. The van der Waals surface area contributed by atoms with E-state index in [4.69, 9.17) is 0 Å². The third kappa shape index (κ3) is 4.21. The number of nitrogens with one attached hydrogen (secondary N) is 1. The minimum absolute atomic E-state index is 0.486. The highest BCUT2D eigenvalue weighted by molar-refractivity contribution is 5.20. The molecule has 2 atom stereocenters. The highest BCUT2D eigenvalue weighted by atomic mass is 15.3. The van der Waals surface area contributed by atoms with Gasteiger partial charge in [0.2, 0.25) is 0 Å². The van der Waals surface area contributed by atoms with E-state index in [-0.39, 0.29) is 0 Å². The smallest absolute Gasteiger partial charge is 0.0489 e. The van der Waals surface area contributed by atoms with E-state index in [1.54, 1.807) is 0 Å². The van der Waals surface area contributed by atoms with Gasteiger partial charge in [-0.3, -0.25) is 4.68 Å². The zero-order valence-corrected chi connectivity index (χ0v) is 11.8. The van der Waals surface area contributed by atoms with Crippen molar-refractivity contribution in [3.05, 3.63) is 54.4 Å². The fraction of sp³-hybridized carbons (Fsp3) is 0.438. The van der Waals surface area contributed by atoms with Crippen molar-refractivity contribution in [1.29, 1.82) is 0 Å². The van der Waals surface area contributed by atoms with Gasteiger partial charge in [-0.2, -0.15) is 5.10 Å². The van der Waals surface area contributed by atoms with Crippen LogP contribution in [0.5, 0.6) is 0 Å². The molecule has 0 amide bonds. The molecule has 2 rings (SSSR count). The maximum absolute atomic E-state index is 4.20. The lowest BCUT2D eigenvalue weighted by molar-refractivity contribution is 0.456. The molecular weight excluding hydrogens is 234 g/mol.